The number of carbonyl (C=O) groups is 1. The topological polar surface area (TPSA) is 52.6 Å². The van der Waals surface area contributed by atoms with E-state index in [4.69, 9.17) is 0 Å². The molecular formula is C20H21F3N2O2S. The van der Waals surface area contributed by atoms with Crippen LogP contribution in [0, 0.1) is 6.92 Å². The van der Waals surface area contributed by atoms with E-state index in [-0.39, 0.29) is 5.56 Å². The highest BCUT2D eigenvalue weighted by molar-refractivity contribution is 8.00. The molecule has 1 heterocycles. The molecule has 0 unspecified atom stereocenters. The lowest BCUT2D eigenvalue weighted by Crippen LogP contribution is -2.30. The maximum atomic E-state index is 13.2. The largest absolute Gasteiger partial charge is 0.478 e. The Kier molecular flexibility index (Phi) is 6.07. The van der Waals surface area contributed by atoms with Crippen molar-refractivity contribution < 1.29 is 23.1 Å². The lowest BCUT2D eigenvalue weighted by Gasteiger charge is -2.31. The molecular weight excluding hydrogens is 389 g/mol. The zero-order valence-corrected chi connectivity index (χ0v) is 16.2. The van der Waals surface area contributed by atoms with Crippen molar-refractivity contribution in [2.45, 2.75) is 37.3 Å². The van der Waals surface area contributed by atoms with Crippen molar-refractivity contribution in [3.63, 3.8) is 0 Å². The summed E-state index contributed by atoms with van der Waals surface area (Å²) in [6, 6.07) is 8.68. The highest BCUT2D eigenvalue weighted by atomic mass is 32.2. The fraction of sp³-hybridized carbons (Fsp3) is 0.350. The van der Waals surface area contributed by atoms with Gasteiger partial charge in [0.05, 0.1) is 22.5 Å². The molecule has 2 aromatic carbocycles. The molecule has 28 heavy (non-hydrogen) atoms. The molecule has 150 valence electrons. The molecule has 0 aliphatic carbocycles. The van der Waals surface area contributed by atoms with Gasteiger partial charge in [-0.05, 0) is 74.0 Å². The van der Waals surface area contributed by atoms with Crippen LogP contribution in [0.1, 0.15) is 40.7 Å². The van der Waals surface area contributed by atoms with Crippen molar-refractivity contribution in [3.05, 3.63) is 53.1 Å². The Morgan fingerprint density at radius 2 is 1.82 bits per heavy atom. The molecule has 0 spiro atoms. The number of hydrogen-bond acceptors (Lipinski definition) is 4. The molecule has 1 fully saturated rings. The van der Waals surface area contributed by atoms with Gasteiger partial charge in [0, 0.05) is 18.0 Å². The van der Waals surface area contributed by atoms with Gasteiger partial charge in [0.15, 0.2) is 0 Å². The summed E-state index contributed by atoms with van der Waals surface area (Å²) in [5.41, 5.74) is 1.19. The predicted octanol–water partition coefficient (Wildman–Crippen LogP) is 5.82. The minimum Gasteiger partial charge on any atom is -0.478 e. The first-order valence-electron chi connectivity index (χ1n) is 8.99. The number of nitrogens with one attached hydrogen (secondary N) is 1. The molecule has 0 radical (unpaired) electrons. The number of aryl methyl sites for hydroxylation is 1. The van der Waals surface area contributed by atoms with E-state index in [1.165, 1.54) is 12.1 Å². The smallest absolute Gasteiger partial charge is 0.416 e. The van der Waals surface area contributed by atoms with Crippen LogP contribution in [0.2, 0.25) is 0 Å². The molecule has 0 atom stereocenters. The van der Waals surface area contributed by atoms with Gasteiger partial charge in [0.2, 0.25) is 0 Å². The monoisotopic (exact) mass is 410 g/mol. The highest BCUT2D eigenvalue weighted by Gasteiger charge is 2.31. The fourth-order valence-electron chi connectivity index (χ4n) is 3.21. The highest BCUT2D eigenvalue weighted by Crippen LogP contribution is 2.38. The number of benzene rings is 2. The van der Waals surface area contributed by atoms with Crippen molar-refractivity contribution in [3.8, 4) is 0 Å². The van der Waals surface area contributed by atoms with Crippen molar-refractivity contribution in [1.29, 1.82) is 0 Å². The van der Waals surface area contributed by atoms with E-state index in [1.54, 1.807) is 19.1 Å². The molecule has 3 rings (SSSR count). The molecule has 2 N–H and O–H groups in total. The number of hydrogen-bond donors (Lipinski definition) is 2. The first-order valence-corrected chi connectivity index (χ1v) is 9.80. The summed E-state index contributed by atoms with van der Waals surface area (Å²) in [6.07, 6.45) is -1.29. The third-order valence-electron chi connectivity index (χ3n) is 4.74. The van der Waals surface area contributed by atoms with Gasteiger partial charge in [-0.25, -0.2) is 4.79 Å². The molecule has 1 aliphatic heterocycles. The molecule has 0 aromatic heterocycles. The third-order valence-corrected chi connectivity index (χ3v) is 5.55. The van der Waals surface area contributed by atoms with Crippen molar-refractivity contribution in [2.75, 3.05) is 22.7 Å². The quantitative estimate of drug-likeness (QED) is 0.608. The predicted molar refractivity (Wildman–Crippen MR) is 105 cm³/mol. The number of alkyl halides is 3. The summed E-state index contributed by atoms with van der Waals surface area (Å²) in [6.45, 7) is 3.31. The molecule has 8 heteroatoms. The normalized spacial score (nSPS) is 14.8. The van der Waals surface area contributed by atoms with Gasteiger partial charge in [0.1, 0.15) is 0 Å². The average molecular weight is 410 g/mol. The number of aromatic carboxylic acids is 1. The van der Waals surface area contributed by atoms with E-state index >= 15 is 0 Å². The number of rotatable bonds is 5. The van der Waals surface area contributed by atoms with Crippen LogP contribution in [0.25, 0.3) is 0 Å². The van der Waals surface area contributed by atoms with Crippen LogP contribution in [-0.2, 0) is 6.18 Å². The summed E-state index contributed by atoms with van der Waals surface area (Å²) >= 11 is 1.10. The Hall–Kier alpha value is -2.35. The Balaban J connectivity index is 1.88. The fourth-order valence-corrected chi connectivity index (χ4v) is 3.92. The van der Waals surface area contributed by atoms with Crippen LogP contribution in [-0.4, -0.2) is 24.2 Å². The Morgan fingerprint density at radius 3 is 2.46 bits per heavy atom. The van der Waals surface area contributed by atoms with Crippen molar-refractivity contribution in [1.82, 2.24) is 0 Å². The number of halogens is 3. The standard InChI is InChI=1S/C20H21F3N2O2S/c1-13-5-7-15(12-16(13)19(26)27)28-24-17-11-14(20(21,22)23)6-8-18(17)25-9-3-2-4-10-25/h5-8,11-12,24H,2-4,9-10H2,1H3,(H,26,27). The molecule has 2 aromatic rings. The second-order valence-corrected chi connectivity index (χ2v) is 7.64. The number of piperidine rings is 1. The molecule has 4 nitrogen and oxygen atoms in total. The van der Waals surface area contributed by atoms with Gasteiger partial charge in [-0.1, -0.05) is 6.07 Å². The average Bonchev–Trinajstić information content (AvgIpc) is 2.67. The van der Waals surface area contributed by atoms with Crippen LogP contribution < -0.4 is 9.62 Å². The van der Waals surface area contributed by atoms with Gasteiger partial charge in [-0.3, -0.25) is 0 Å². The van der Waals surface area contributed by atoms with Crippen LogP contribution in [0.15, 0.2) is 41.3 Å². The minimum absolute atomic E-state index is 0.173. The second-order valence-electron chi connectivity index (χ2n) is 6.76. The van der Waals surface area contributed by atoms with E-state index in [1.807, 2.05) is 0 Å². The van der Waals surface area contributed by atoms with Gasteiger partial charge in [-0.2, -0.15) is 13.2 Å². The summed E-state index contributed by atoms with van der Waals surface area (Å²) < 4.78 is 42.5. The maximum absolute atomic E-state index is 13.2. The Bertz CT molecular complexity index is 865. The van der Waals surface area contributed by atoms with Crippen molar-refractivity contribution >= 4 is 29.3 Å². The van der Waals surface area contributed by atoms with Gasteiger partial charge >= 0.3 is 12.1 Å². The van der Waals surface area contributed by atoms with Crippen LogP contribution in [0.5, 0.6) is 0 Å². The van der Waals surface area contributed by atoms with Crippen LogP contribution in [0.4, 0.5) is 24.5 Å². The summed E-state index contributed by atoms with van der Waals surface area (Å²) in [7, 11) is 0. The van der Waals surface area contributed by atoms with E-state index in [0.29, 0.717) is 16.1 Å². The van der Waals surface area contributed by atoms with Crippen molar-refractivity contribution in [2.24, 2.45) is 0 Å². The lowest BCUT2D eigenvalue weighted by atomic mass is 10.1. The number of nitrogens with zero attached hydrogens (tertiary/aromatic N) is 1. The summed E-state index contributed by atoms with van der Waals surface area (Å²) in [5.74, 6) is -1.03. The van der Waals surface area contributed by atoms with E-state index in [2.05, 4.69) is 9.62 Å². The minimum atomic E-state index is -4.43. The Labute approximate surface area is 165 Å². The number of carboxylic acid groups (broad SMARTS) is 1. The molecule has 1 aliphatic rings. The van der Waals surface area contributed by atoms with E-state index in [9.17, 15) is 23.1 Å². The van der Waals surface area contributed by atoms with Gasteiger partial charge in [0.25, 0.3) is 0 Å². The maximum Gasteiger partial charge on any atom is 0.416 e. The van der Waals surface area contributed by atoms with E-state index in [0.717, 1.165) is 62.1 Å². The molecule has 1 saturated heterocycles. The van der Waals surface area contributed by atoms with Crippen LogP contribution in [0.3, 0.4) is 0 Å². The zero-order valence-electron chi connectivity index (χ0n) is 15.3. The van der Waals surface area contributed by atoms with E-state index < -0.39 is 17.7 Å². The lowest BCUT2D eigenvalue weighted by molar-refractivity contribution is -0.137. The van der Waals surface area contributed by atoms with Gasteiger partial charge < -0.3 is 14.7 Å². The molecule has 0 bridgehead atoms. The number of carboxylic acids is 1. The second kappa shape index (κ2) is 8.34. The number of anilines is 2. The zero-order chi connectivity index (χ0) is 20.3. The van der Waals surface area contributed by atoms with Crippen LogP contribution >= 0.6 is 11.9 Å². The summed E-state index contributed by atoms with van der Waals surface area (Å²) in [4.78, 5) is 14.0. The first kappa shape index (κ1) is 20.4. The Morgan fingerprint density at radius 1 is 1.11 bits per heavy atom. The molecule has 0 amide bonds. The third kappa shape index (κ3) is 4.73. The van der Waals surface area contributed by atoms with Gasteiger partial charge in [-0.15, -0.1) is 0 Å². The first-order chi connectivity index (χ1) is 13.3. The SMILES string of the molecule is Cc1ccc(SNc2cc(C(F)(F)F)ccc2N2CCCCC2)cc1C(=O)O. The molecule has 0 saturated carbocycles. The summed E-state index contributed by atoms with van der Waals surface area (Å²) in [5, 5.41) is 9.25.